The molecule has 2 fully saturated rings. The molecule has 104 valence electrons. The molecule has 1 aromatic rings. The Labute approximate surface area is 118 Å². The van der Waals surface area contributed by atoms with Crippen molar-refractivity contribution < 1.29 is 0 Å². The van der Waals surface area contributed by atoms with Crippen molar-refractivity contribution in [2.45, 2.75) is 31.7 Å². The summed E-state index contributed by atoms with van der Waals surface area (Å²) in [6.45, 7) is 4.52. The average Bonchev–Trinajstić information content (AvgIpc) is 2.88. The summed E-state index contributed by atoms with van der Waals surface area (Å²) < 4.78 is 0. The van der Waals surface area contributed by atoms with Crippen LogP contribution in [-0.2, 0) is 0 Å². The fourth-order valence-corrected chi connectivity index (χ4v) is 3.30. The van der Waals surface area contributed by atoms with Crippen LogP contribution < -0.4 is 10.6 Å². The number of nitrogen functional groups attached to an aromatic ring is 1. The Morgan fingerprint density at radius 3 is 2.68 bits per heavy atom. The third kappa shape index (κ3) is 2.92. The van der Waals surface area contributed by atoms with Crippen LogP contribution in [-0.4, -0.2) is 47.1 Å². The minimum Gasteiger partial charge on any atom is -0.368 e. The predicted octanol–water partition coefficient (Wildman–Crippen LogP) is 1.78. The molecule has 3 heterocycles. The van der Waals surface area contributed by atoms with E-state index in [1.165, 1.54) is 38.8 Å². The Bertz CT molecular complexity index is 426. The van der Waals surface area contributed by atoms with E-state index >= 15 is 0 Å². The third-order valence-electron chi connectivity index (χ3n) is 4.09. The van der Waals surface area contributed by atoms with Gasteiger partial charge in [0.1, 0.15) is 11.0 Å². The van der Waals surface area contributed by atoms with E-state index in [-0.39, 0.29) is 5.95 Å². The van der Waals surface area contributed by atoms with Crippen LogP contribution in [0.25, 0.3) is 0 Å². The van der Waals surface area contributed by atoms with Gasteiger partial charge in [-0.2, -0.15) is 4.98 Å². The summed E-state index contributed by atoms with van der Waals surface area (Å²) in [6.07, 6.45) is 5.25. The molecule has 0 aliphatic carbocycles. The third-order valence-corrected chi connectivity index (χ3v) is 4.29. The minimum atomic E-state index is 0.254. The molecule has 1 atom stereocenters. The van der Waals surface area contributed by atoms with Gasteiger partial charge in [-0.3, -0.25) is 4.90 Å². The first-order valence-corrected chi connectivity index (χ1v) is 7.39. The molecule has 0 bridgehead atoms. The molecule has 3 rings (SSSR count). The molecule has 2 saturated heterocycles. The van der Waals surface area contributed by atoms with Gasteiger partial charge in [0.15, 0.2) is 0 Å². The lowest BCUT2D eigenvalue weighted by molar-refractivity contribution is 0.175. The molecule has 2 N–H and O–H groups in total. The van der Waals surface area contributed by atoms with Crippen LogP contribution >= 0.6 is 11.6 Å². The van der Waals surface area contributed by atoms with Crippen LogP contribution in [0.2, 0.25) is 5.15 Å². The van der Waals surface area contributed by atoms with Crippen LogP contribution in [0.5, 0.6) is 0 Å². The molecule has 2 aliphatic heterocycles. The summed E-state index contributed by atoms with van der Waals surface area (Å²) in [7, 11) is 0. The Hall–Kier alpha value is -1.07. The van der Waals surface area contributed by atoms with E-state index in [4.69, 9.17) is 17.3 Å². The first kappa shape index (κ1) is 12.9. The van der Waals surface area contributed by atoms with Gasteiger partial charge < -0.3 is 10.6 Å². The fraction of sp³-hybridized carbons (Fsp3) is 0.692. The van der Waals surface area contributed by atoms with Crippen molar-refractivity contribution in [3.8, 4) is 0 Å². The largest absolute Gasteiger partial charge is 0.368 e. The molecule has 0 spiro atoms. The summed E-state index contributed by atoms with van der Waals surface area (Å²) in [5.74, 6) is 1.11. The summed E-state index contributed by atoms with van der Waals surface area (Å²) in [5, 5.41) is 0.420. The van der Waals surface area contributed by atoms with Gasteiger partial charge in [-0.15, -0.1) is 0 Å². The number of hydrogen-bond acceptors (Lipinski definition) is 5. The minimum absolute atomic E-state index is 0.254. The van der Waals surface area contributed by atoms with Gasteiger partial charge in [0, 0.05) is 25.2 Å². The second kappa shape index (κ2) is 5.51. The molecule has 0 aromatic carbocycles. The first-order valence-electron chi connectivity index (χ1n) is 7.01. The van der Waals surface area contributed by atoms with E-state index < -0.39 is 0 Å². The topological polar surface area (TPSA) is 58.3 Å². The maximum Gasteiger partial charge on any atom is 0.223 e. The lowest BCUT2D eigenvalue weighted by Crippen LogP contribution is -2.41. The highest BCUT2D eigenvalue weighted by Crippen LogP contribution is 2.25. The molecule has 2 aliphatic rings. The van der Waals surface area contributed by atoms with Gasteiger partial charge in [0.25, 0.3) is 0 Å². The molecular weight excluding hydrogens is 262 g/mol. The van der Waals surface area contributed by atoms with E-state index in [1.807, 2.05) is 0 Å². The summed E-state index contributed by atoms with van der Waals surface area (Å²) in [5.41, 5.74) is 5.66. The van der Waals surface area contributed by atoms with Crippen molar-refractivity contribution >= 4 is 23.4 Å². The first-order chi connectivity index (χ1) is 9.22. The lowest BCUT2D eigenvalue weighted by Gasteiger charge is -2.32. The van der Waals surface area contributed by atoms with Crippen LogP contribution in [0.3, 0.4) is 0 Å². The van der Waals surface area contributed by atoms with E-state index in [2.05, 4.69) is 19.8 Å². The molecule has 6 heteroatoms. The Kier molecular flexibility index (Phi) is 3.75. The zero-order valence-corrected chi connectivity index (χ0v) is 11.8. The normalized spacial score (nSPS) is 24.9. The van der Waals surface area contributed by atoms with Crippen molar-refractivity contribution in [3.05, 3.63) is 11.2 Å². The van der Waals surface area contributed by atoms with Gasteiger partial charge in [-0.1, -0.05) is 18.0 Å². The number of piperidine rings is 1. The SMILES string of the molecule is Nc1nc(Cl)cc(N2CCC(N3CCCCC3)C2)n1. The number of rotatable bonds is 2. The van der Waals surface area contributed by atoms with Crippen molar-refractivity contribution in [1.29, 1.82) is 0 Å². The molecule has 0 radical (unpaired) electrons. The molecule has 0 saturated carbocycles. The van der Waals surface area contributed by atoms with Gasteiger partial charge in [0.2, 0.25) is 5.95 Å². The molecule has 0 amide bonds. The second-order valence-electron chi connectivity index (χ2n) is 5.39. The summed E-state index contributed by atoms with van der Waals surface area (Å²) in [6, 6.07) is 2.45. The van der Waals surface area contributed by atoms with E-state index in [1.54, 1.807) is 6.07 Å². The van der Waals surface area contributed by atoms with Crippen molar-refractivity contribution in [2.75, 3.05) is 36.8 Å². The van der Waals surface area contributed by atoms with E-state index in [0.717, 1.165) is 18.9 Å². The molecule has 19 heavy (non-hydrogen) atoms. The number of anilines is 2. The van der Waals surface area contributed by atoms with Crippen molar-refractivity contribution in [2.24, 2.45) is 0 Å². The number of hydrogen-bond donors (Lipinski definition) is 1. The predicted molar refractivity (Wildman–Crippen MR) is 77.5 cm³/mol. The molecule has 1 unspecified atom stereocenters. The smallest absolute Gasteiger partial charge is 0.223 e. The zero-order valence-electron chi connectivity index (χ0n) is 11.1. The second-order valence-corrected chi connectivity index (χ2v) is 5.78. The number of nitrogens with zero attached hydrogens (tertiary/aromatic N) is 4. The van der Waals surface area contributed by atoms with E-state index in [9.17, 15) is 0 Å². The number of halogens is 1. The number of nitrogens with two attached hydrogens (primary N) is 1. The number of aromatic nitrogens is 2. The maximum absolute atomic E-state index is 5.95. The molecular formula is C13H20ClN5. The molecule has 1 aromatic heterocycles. The van der Waals surface area contributed by atoms with Crippen molar-refractivity contribution in [3.63, 3.8) is 0 Å². The van der Waals surface area contributed by atoms with Crippen LogP contribution in [0.4, 0.5) is 11.8 Å². The Balaban J connectivity index is 1.67. The van der Waals surface area contributed by atoms with Gasteiger partial charge >= 0.3 is 0 Å². The van der Waals surface area contributed by atoms with Gasteiger partial charge in [-0.05, 0) is 32.4 Å². The standard InChI is InChI=1S/C13H20ClN5/c14-11-8-12(17-13(15)16-11)19-7-4-10(9-19)18-5-2-1-3-6-18/h8,10H,1-7,9H2,(H2,15,16,17). The highest BCUT2D eigenvalue weighted by Gasteiger charge is 2.29. The Morgan fingerprint density at radius 2 is 1.95 bits per heavy atom. The van der Waals surface area contributed by atoms with Crippen LogP contribution in [0.15, 0.2) is 6.07 Å². The monoisotopic (exact) mass is 281 g/mol. The van der Waals surface area contributed by atoms with Crippen molar-refractivity contribution in [1.82, 2.24) is 14.9 Å². The fourth-order valence-electron chi connectivity index (χ4n) is 3.12. The van der Waals surface area contributed by atoms with Gasteiger partial charge in [0.05, 0.1) is 0 Å². The highest BCUT2D eigenvalue weighted by atomic mass is 35.5. The highest BCUT2D eigenvalue weighted by molar-refractivity contribution is 6.29. The summed E-state index contributed by atoms with van der Waals surface area (Å²) in [4.78, 5) is 13.1. The Morgan fingerprint density at radius 1 is 1.16 bits per heavy atom. The van der Waals surface area contributed by atoms with Crippen LogP contribution in [0, 0.1) is 0 Å². The summed E-state index contributed by atoms with van der Waals surface area (Å²) >= 11 is 5.95. The van der Waals surface area contributed by atoms with E-state index in [0.29, 0.717) is 11.2 Å². The lowest BCUT2D eigenvalue weighted by atomic mass is 10.1. The van der Waals surface area contributed by atoms with Gasteiger partial charge in [-0.25, -0.2) is 4.98 Å². The zero-order chi connectivity index (χ0) is 13.2. The van der Waals surface area contributed by atoms with Crippen LogP contribution in [0.1, 0.15) is 25.7 Å². The average molecular weight is 282 g/mol. The molecule has 5 nitrogen and oxygen atoms in total. The quantitative estimate of drug-likeness (QED) is 0.838. The maximum atomic E-state index is 5.95. The number of likely N-dealkylation sites (tertiary alicyclic amines) is 1.